The largest absolute Gasteiger partial charge is 0.443 e. The van der Waals surface area contributed by atoms with Gasteiger partial charge in [-0.05, 0) is 65.8 Å². The number of H-pyrrole nitrogens is 1. The Labute approximate surface area is 191 Å². The molecule has 2 aromatic heterocycles. The van der Waals surface area contributed by atoms with Crippen LogP contribution in [-0.2, 0) is 11.2 Å². The summed E-state index contributed by atoms with van der Waals surface area (Å²) in [5.41, 5.74) is 4.29. The number of aromatic amines is 1. The molecule has 0 saturated carbocycles. The summed E-state index contributed by atoms with van der Waals surface area (Å²) in [5, 5.41) is 2.54. The van der Waals surface area contributed by atoms with E-state index in [-0.39, 0.29) is 6.09 Å². The Balaban J connectivity index is 1.84. The fraction of sp³-hybridized carbons (Fsp3) is 0.333. The first-order chi connectivity index (χ1) is 13.8. The molecule has 0 saturated heterocycles. The molecule has 1 N–H and O–H groups in total. The number of aryl methyl sites for hydroxylation is 1. The number of ether oxygens (including phenoxy) is 1. The third-order valence-corrected chi connectivity index (χ3v) is 6.89. The number of nitrogens with zero attached hydrogens (tertiary/aromatic N) is 2. The maximum atomic E-state index is 12.8. The minimum Gasteiger partial charge on any atom is -0.443 e. The van der Waals surface area contributed by atoms with Gasteiger partial charge in [-0.3, -0.25) is 4.90 Å². The van der Waals surface area contributed by atoms with Gasteiger partial charge in [0.1, 0.15) is 11.2 Å². The number of hydrogen-bond donors (Lipinski definition) is 1. The second-order valence-electron chi connectivity index (χ2n) is 8.00. The Hall–Kier alpha value is -1.45. The summed E-state index contributed by atoms with van der Waals surface area (Å²) in [6.07, 6.45) is 3.25. The summed E-state index contributed by atoms with van der Waals surface area (Å²) in [6, 6.07) is 8.07. The van der Waals surface area contributed by atoms with Gasteiger partial charge in [0.15, 0.2) is 0 Å². The molecule has 29 heavy (non-hydrogen) atoms. The number of amides is 1. The molecule has 0 atom stereocenters. The van der Waals surface area contributed by atoms with E-state index in [1.54, 1.807) is 26.1 Å². The third-order valence-electron chi connectivity index (χ3n) is 4.79. The molecular formula is C21H21ClIN3O2S. The SMILES string of the molecule is CC(C)(C)OC(=O)N1CCCc2ccc(-c3c(SI)[nH]c4nccc(Cl)c34)cc21. The molecule has 0 radical (unpaired) electrons. The van der Waals surface area contributed by atoms with E-state index in [4.69, 9.17) is 16.3 Å². The van der Waals surface area contributed by atoms with Crippen molar-refractivity contribution < 1.29 is 9.53 Å². The number of anilines is 1. The van der Waals surface area contributed by atoms with Gasteiger partial charge in [-0.15, -0.1) is 0 Å². The van der Waals surface area contributed by atoms with Crippen LogP contribution in [0.25, 0.3) is 22.2 Å². The number of nitrogens with one attached hydrogen (secondary N) is 1. The lowest BCUT2D eigenvalue weighted by molar-refractivity contribution is 0.0578. The first-order valence-corrected chi connectivity index (χ1v) is 13.1. The number of carbonyl (C=O) groups is 1. The van der Waals surface area contributed by atoms with E-state index < -0.39 is 5.60 Å². The molecule has 0 fully saturated rings. The van der Waals surface area contributed by atoms with Gasteiger partial charge in [-0.1, -0.05) is 23.7 Å². The van der Waals surface area contributed by atoms with Gasteiger partial charge in [-0.2, -0.15) is 0 Å². The Kier molecular flexibility index (Phi) is 5.74. The van der Waals surface area contributed by atoms with E-state index in [2.05, 4.69) is 49.4 Å². The highest BCUT2D eigenvalue weighted by Crippen LogP contribution is 2.44. The lowest BCUT2D eigenvalue weighted by Crippen LogP contribution is -2.39. The van der Waals surface area contributed by atoms with E-state index in [1.807, 2.05) is 20.8 Å². The number of benzene rings is 1. The van der Waals surface area contributed by atoms with Crippen LogP contribution in [0.15, 0.2) is 35.5 Å². The summed E-state index contributed by atoms with van der Waals surface area (Å²) < 4.78 is 5.64. The maximum Gasteiger partial charge on any atom is 0.414 e. The minimum absolute atomic E-state index is 0.308. The standard InChI is InChI=1S/C21H21ClIN3O2S/c1-21(2,3)28-20(27)26-10-4-5-12-6-7-13(11-15(12)26)16-17-14(22)8-9-24-18(17)25-19(16)29-23/h6-9,11H,4-5,10H2,1-3H3,(H,24,25). The second-order valence-corrected chi connectivity index (χ2v) is 10.3. The predicted octanol–water partition coefficient (Wildman–Crippen LogP) is 7.01. The first kappa shape index (κ1) is 20.8. The molecule has 0 unspecified atom stereocenters. The Morgan fingerprint density at radius 3 is 2.86 bits per heavy atom. The van der Waals surface area contributed by atoms with Gasteiger partial charge >= 0.3 is 6.09 Å². The molecule has 0 spiro atoms. The molecular weight excluding hydrogens is 521 g/mol. The summed E-state index contributed by atoms with van der Waals surface area (Å²) in [6.45, 7) is 6.31. The summed E-state index contributed by atoms with van der Waals surface area (Å²) in [4.78, 5) is 22.4. The van der Waals surface area contributed by atoms with E-state index in [1.165, 1.54) is 0 Å². The van der Waals surface area contributed by atoms with Crippen LogP contribution in [0.1, 0.15) is 32.8 Å². The molecule has 5 nitrogen and oxygen atoms in total. The summed E-state index contributed by atoms with van der Waals surface area (Å²) >= 11 is 8.78. The zero-order valence-corrected chi connectivity index (χ0v) is 20.1. The number of aromatic nitrogens is 2. The highest BCUT2D eigenvalue weighted by atomic mass is 127. The molecule has 152 valence electrons. The molecule has 0 aliphatic carbocycles. The number of hydrogen-bond acceptors (Lipinski definition) is 4. The molecule has 1 aromatic carbocycles. The number of fused-ring (bicyclic) bond motifs is 2. The van der Waals surface area contributed by atoms with Gasteiger partial charge in [0, 0.05) is 44.9 Å². The van der Waals surface area contributed by atoms with Crippen molar-refractivity contribution in [3.63, 3.8) is 0 Å². The fourth-order valence-corrected chi connectivity index (χ4v) is 5.29. The third kappa shape index (κ3) is 4.09. The van der Waals surface area contributed by atoms with Crippen LogP contribution in [0.3, 0.4) is 0 Å². The van der Waals surface area contributed by atoms with Crippen LogP contribution in [0.5, 0.6) is 0 Å². The highest BCUT2D eigenvalue weighted by Gasteiger charge is 2.28. The van der Waals surface area contributed by atoms with Gasteiger partial charge in [0.25, 0.3) is 0 Å². The average Bonchev–Trinajstić information content (AvgIpc) is 3.05. The Morgan fingerprint density at radius 1 is 1.34 bits per heavy atom. The smallest absolute Gasteiger partial charge is 0.414 e. The number of halogens is 2. The molecule has 1 aliphatic rings. The van der Waals surface area contributed by atoms with Gasteiger partial charge in [-0.25, -0.2) is 9.78 Å². The van der Waals surface area contributed by atoms with Crippen molar-refractivity contribution in [2.24, 2.45) is 0 Å². The molecule has 1 amide bonds. The summed E-state index contributed by atoms with van der Waals surface area (Å²) in [5.74, 6) is 0. The van der Waals surface area contributed by atoms with Gasteiger partial charge < -0.3 is 9.72 Å². The lowest BCUT2D eigenvalue weighted by atomic mass is 9.97. The monoisotopic (exact) mass is 541 g/mol. The number of carbonyl (C=O) groups excluding carboxylic acids is 1. The normalized spacial score (nSPS) is 14.2. The van der Waals surface area contributed by atoms with Gasteiger partial charge in [0.05, 0.1) is 15.7 Å². The first-order valence-electron chi connectivity index (χ1n) is 9.37. The number of rotatable bonds is 2. The van der Waals surface area contributed by atoms with Crippen LogP contribution in [-0.4, -0.2) is 28.2 Å². The zero-order chi connectivity index (χ0) is 20.8. The van der Waals surface area contributed by atoms with E-state index in [9.17, 15) is 4.79 Å². The zero-order valence-electron chi connectivity index (χ0n) is 16.4. The topological polar surface area (TPSA) is 58.2 Å². The van der Waals surface area contributed by atoms with Crippen LogP contribution in [0.2, 0.25) is 5.02 Å². The lowest BCUT2D eigenvalue weighted by Gasteiger charge is -2.32. The van der Waals surface area contributed by atoms with Crippen molar-refractivity contribution in [2.45, 2.75) is 44.2 Å². The second kappa shape index (κ2) is 8.00. The Morgan fingerprint density at radius 2 is 2.14 bits per heavy atom. The van der Waals surface area contributed by atoms with E-state index in [0.717, 1.165) is 51.3 Å². The van der Waals surface area contributed by atoms with E-state index >= 15 is 0 Å². The molecule has 0 bridgehead atoms. The maximum absolute atomic E-state index is 12.8. The van der Waals surface area contributed by atoms with Crippen LogP contribution >= 0.6 is 41.7 Å². The van der Waals surface area contributed by atoms with E-state index in [0.29, 0.717) is 11.6 Å². The van der Waals surface area contributed by atoms with Crippen molar-refractivity contribution in [1.29, 1.82) is 0 Å². The quantitative estimate of drug-likeness (QED) is 0.355. The van der Waals surface area contributed by atoms with Gasteiger partial charge in [0.2, 0.25) is 0 Å². The van der Waals surface area contributed by atoms with Crippen LogP contribution in [0.4, 0.5) is 10.5 Å². The minimum atomic E-state index is -0.534. The van der Waals surface area contributed by atoms with Crippen LogP contribution in [0, 0.1) is 0 Å². The fourth-order valence-electron chi connectivity index (χ4n) is 3.62. The highest BCUT2D eigenvalue weighted by molar-refractivity contribution is 14.2. The van der Waals surface area contributed by atoms with Crippen molar-refractivity contribution in [3.05, 3.63) is 41.0 Å². The summed E-state index contributed by atoms with van der Waals surface area (Å²) in [7, 11) is 1.59. The molecule has 8 heteroatoms. The molecule has 1 aliphatic heterocycles. The van der Waals surface area contributed by atoms with Crippen molar-refractivity contribution in [1.82, 2.24) is 9.97 Å². The molecule has 3 aromatic rings. The molecule has 3 heterocycles. The van der Waals surface area contributed by atoms with Crippen molar-refractivity contribution >= 4 is 64.6 Å². The van der Waals surface area contributed by atoms with Crippen molar-refractivity contribution in [3.8, 4) is 11.1 Å². The van der Waals surface area contributed by atoms with Crippen molar-refractivity contribution in [2.75, 3.05) is 11.4 Å². The van der Waals surface area contributed by atoms with Crippen LogP contribution < -0.4 is 4.90 Å². The Bertz CT molecular complexity index is 1090. The molecule has 4 rings (SSSR count). The average molecular weight is 542 g/mol. The number of pyridine rings is 1. The predicted molar refractivity (Wildman–Crippen MR) is 128 cm³/mol.